The Labute approximate surface area is 133 Å². The van der Waals surface area contributed by atoms with Crippen molar-refractivity contribution >= 4 is 50.1 Å². The summed E-state index contributed by atoms with van der Waals surface area (Å²) in [4.78, 5) is 5.44. The van der Waals surface area contributed by atoms with Crippen LogP contribution in [0.5, 0.6) is 0 Å². The number of hydrogen-bond acceptors (Lipinski definition) is 2. The van der Waals surface area contributed by atoms with Crippen LogP contribution in [0.15, 0.2) is 18.2 Å². The normalized spacial score (nSPS) is 10.2. The third-order valence-electron chi connectivity index (χ3n) is 2.40. The molecule has 0 radical (unpaired) electrons. The Balaban J connectivity index is 0.000000555. The third-order valence-corrected chi connectivity index (χ3v) is 2.40. The number of hydrogen-bond donors (Lipinski definition) is 0. The van der Waals surface area contributed by atoms with Gasteiger partial charge < -0.3 is 4.90 Å². The molecular weight excluding hydrogens is 381 g/mol. The summed E-state index contributed by atoms with van der Waals surface area (Å²) in [6.45, 7) is 8.28. The molecule has 0 aliphatic rings. The van der Waals surface area contributed by atoms with Gasteiger partial charge in [0.1, 0.15) is 0 Å². The van der Waals surface area contributed by atoms with Crippen LogP contribution in [0.2, 0.25) is 0 Å². The fourth-order valence-electron chi connectivity index (χ4n) is 1.62. The van der Waals surface area contributed by atoms with Crippen LogP contribution in [-0.4, -0.2) is 13.1 Å². The molecule has 3 nitrogen and oxygen atoms in total. The van der Waals surface area contributed by atoms with Crippen molar-refractivity contribution in [3.63, 3.8) is 0 Å². The molecule has 0 atom stereocenters. The van der Waals surface area contributed by atoms with Crippen molar-refractivity contribution in [2.45, 2.75) is 20.8 Å². The van der Waals surface area contributed by atoms with Crippen molar-refractivity contribution in [3.8, 4) is 0 Å². The molecular formula is C11H16Cl4N3Zn-. The summed E-state index contributed by atoms with van der Waals surface area (Å²) in [5.41, 5.74) is 2.96. The van der Waals surface area contributed by atoms with Gasteiger partial charge in [0, 0.05) is 30.9 Å². The molecule has 0 fully saturated rings. The van der Waals surface area contributed by atoms with E-state index in [-0.39, 0.29) is 0 Å². The van der Waals surface area contributed by atoms with E-state index in [1.165, 1.54) is 5.69 Å². The topological polar surface area (TPSA) is 31.4 Å². The molecule has 106 valence electrons. The Bertz CT molecular complexity index is 433. The predicted octanol–water partition coefficient (Wildman–Crippen LogP) is 6.08. The first-order valence-corrected chi connectivity index (χ1v) is 21.6. The van der Waals surface area contributed by atoms with E-state index in [1.54, 1.807) is 0 Å². The van der Waals surface area contributed by atoms with Gasteiger partial charge in [-0.15, -0.1) is 0 Å². The van der Waals surface area contributed by atoms with Crippen LogP contribution in [-0.2, 0) is 10.8 Å². The molecule has 0 bridgehead atoms. The maximum atomic E-state index is 8.62. The van der Waals surface area contributed by atoms with E-state index in [0.29, 0.717) is 5.69 Å². The van der Waals surface area contributed by atoms with E-state index in [1.807, 2.05) is 25.1 Å². The molecule has 0 heterocycles. The molecule has 0 saturated heterocycles. The fraction of sp³-hybridized carbons (Fsp3) is 0.455. The number of diazo groups is 1. The molecule has 0 aliphatic carbocycles. The van der Waals surface area contributed by atoms with Gasteiger partial charge in [0.25, 0.3) is 0 Å². The average Bonchev–Trinajstić information content (AvgIpc) is 2.30. The minimum atomic E-state index is -3.36. The summed E-state index contributed by atoms with van der Waals surface area (Å²) in [5, 5.41) is 8.62. The monoisotopic (exact) mass is 394 g/mol. The van der Waals surface area contributed by atoms with Crippen molar-refractivity contribution in [2.24, 2.45) is 0 Å². The summed E-state index contributed by atoms with van der Waals surface area (Å²) in [6, 6.07) is 5.70. The van der Waals surface area contributed by atoms with Gasteiger partial charge in [0.05, 0.1) is 0 Å². The standard InChI is InChI=1S/C11H16N3.4ClH.Zn/c1-4-14(5-2)11-7-6-10(13-12)8-9(11)3;;;;;/h6-8H,4-5H2,1-3H3;4*1H;/q+1;;;;;+2/p-4. The average molecular weight is 397 g/mol. The van der Waals surface area contributed by atoms with E-state index < -0.39 is 10.8 Å². The Kier molecular flexibility index (Phi) is 9.32. The molecule has 8 heteroatoms. The predicted molar refractivity (Wildman–Crippen MR) is 82.9 cm³/mol. The van der Waals surface area contributed by atoms with Crippen LogP contribution in [0, 0.1) is 12.3 Å². The van der Waals surface area contributed by atoms with E-state index in [9.17, 15) is 0 Å². The van der Waals surface area contributed by atoms with Gasteiger partial charge in [-0.25, -0.2) is 0 Å². The molecule has 0 saturated carbocycles. The Morgan fingerprint density at radius 3 is 1.95 bits per heavy atom. The van der Waals surface area contributed by atoms with E-state index in [0.717, 1.165) is 18.7 Å². The molecule has 19 heavy (non-hydrogen) atoms. The fourth-order valence-corrected chi connectivity index (χ4v) is 1.62. The second-order valence-corrected chi connectivity index (χ2v) is 31.6. The van der Waals surface area contributed by atoms with E-state index in [4.69, 9.17) is 44.2 Å². The van der Waals surface area contributed by atoms with Crippen LogP contribution in [0.4, 0.5) is 11.4 Å². The van der Waals surface area contributed by atoms with Gasteiger partial charge in [0.15, 0.2) is 4.98 Å². The van der Waals surface area contributed by atoms with E-state index in [2.05, 4.69) is 23.7 Å². The summed E-state index contributed by atoms with van der Waals surface area (Å²) in [5.74, 6) is 0. The zero-order valence-corrected chi connectivity index (χ0v) is 17.2. The number of aryl methyl sites for hydroxylation is 1. The molecule has 0 unspecified atom stereocenters. The Morgan fingerprint density at radius 1 is 1.16 bits per heavy atom. The molecule has 1 aromatic rings. The van der Waals surface area contributed by atoms with Crippen LogP contribution >= 0.6 is 38.8 Å². The van der Waals surface area contributed by atoms with Gasteiger partial charge in [-0.1, -0.05) is 0 Å². The van der Waals surface area contributed by atoms with Crippen molar-refractivity contribution in [3.05, 3.63) is 28.7 Å². The molecule has 0 N–H and O–H groups in total. The number of halogens is 4. The van der Waals surface area contributed by atoms with Gasteiger partial charge in [-0.3, -0.25) is 0 Å². The number of benzene rings is 1. The number of nitrogens with zero attached hydrogens (tertiary/aromatic N) is 3. The first-order chi connectivity index (χ1) is 8.72. The molecule has 0 amide bonds. The van der Waals surface area contributed by atoms with Crippen molar-refractivity contribution in [2.75, 3.05) is 18.0 Å². The summed E-state index contributed by atoms with van der Waals surface area (Å²) < 4.78 is 0. The quantitative estimate of drug-likeness (QED) is 0.457. The summed E-state index contributed by atoms with van der Waals surface area (Å²) in [6.07, 6.45) is 0. The van der Waals surface area contributed by atoms with Crippen molar-refractivity contribution in [1.29, 1.82) is 5.39 Å². The minimum absolute atomic E-state index is 0.610. The summed E-state index contributed by atoms with van der Waals surface area (Å²) >= 11 is 0. The van der Waals surface area contributed by atoms with Crippen LogP contribution in [0.25, 0.3) is 4.98 Å². The second kappa shape index (κ2) is 9.21. The third kappa shape index (κ3) is 8.89. The molecule has 0 aromatic heterocycles. The Hall–Kier alpha value is 0.223. The summed E-state index contributed by atoms with van der Waals surface area (Å²) in [7, 11) is 16.8. The van der Waals surface area contributed by atoms with Gasteiger partial charge >= 0.3 is 55.3 Å². The van der Waals surface area contributed by atoms with E-state index >= 15 is 0 Å². The zero-order valence-electron chi connectivity index (χ0n) is 11.2. The SMILES string of the molecule is CCN(CC)c1ccc([N+]#N)cc1C.[Cl][Zn-2]([Cl])([Cl])[Cl]. The Morgan fingerprint density at radius 2 is 1.63 bits per heavy atom. The van der Waals surface area contributed by atoms with Crippen LogP contribution in [0.3, 0.4) is 0 Å². The second-order valence-electron chi connectivity index (χ2n) is 3.85. The molecule has 1 aromatic carbocycles. The number of anilines is 1. The zero-order chi connectivity index (χ0) is 15.1. The van der Waals surface area contributed by atoms with Gasteiger partial charge in [-0.2, -0.15) is 0 Å². The van der Waals surface area contributed by atoms with Gasteiger partial charge in [0.2, 0.25) is 5.39 Å². The van der Waals surface area contributed by atoms with Crippen LogP contribution in [0.1, 0.15) is 19.4 Å². The van der Waals surface area contributed by atoms with Crippen molar-refractivity contribution in [1.82, 2.24) is 0 Å². The molecule has 0 spiro atoms. The first-order valence-electron chi connectivity index (χ1n) is 6.00. The first kappa shape index (κ1) is 19.2. The van der Waals surface area contributed by atoms with Crippen molar-refractivity contribution < 1.29 is 10.8 Å². The number of rotatable bonds is 3. The molecule has 1 rings (SSSR count). The maximum absolute atomic E-state index is 8.62. The van der Waals surface area contributed by atoms with Gasteiger partial charge in [-0.05, 0) is 32.4 Å². The molecule has 0 aliphatic heterocycles. The van der Waals surface area contributed by atoms with Crippen LogP contribution < -0.4 is 4.90 Å².